The van der Waals surface area contributed by atoms with Gasteiger partial charge in [0.15, 0.2) is 6.61 Å². The van der Waals surface area contributed by atoms with Gasteiger partial charge in [0.2, 0.25) is 5.76 Å². The van der Waals surface area contributed by atoms with E-state index in [4.69, 9.17) is 9.15 Å². The molecule has 156 valence electrons. The van der Waals surface area contributed by atoms with Crippen molar-refractivity contribution in [3.05, 3.63) is 96.7 Å². The number of carbonyl (C=O) groups excluding carboxylic acids is 2. The molecule has 8 heteroatoms. The first-order valence-corrected chi connectivity index (χ1v) is 10.3. The van der Waals surface area contributed by atoms with Crippen LogP contribution in [0.3, 0.4) is 0 Å². The third-order valence-corrected chi connectivity index (χ3v) is 5.29. The molecule has 2 aromatic heterocycles. The molecule has 0 aliphatic heterocycles. The molecule has 0 fully saturated rings. The summed E-state index contributed by atoms with van der Waals surface area (Å²) in [6.45, 7) is -0.0189. The summed E-state index contributed by atoms with van der Waals surface area (Å²) >= 11 is 1.54. The Bertz CT molecular complexity index is 1160. The Morgan fingerprint density at radius 2 is 1.81 bits per heavy atom. The Kier molecular flexibility index (Phi) is 6.49. The van der Waals surface area contributed by atoms with Crippen molar-refractivity contribution in [2.45, 2.75) is 16.3 Å². The normalized spacial score (nSPS) is 10.6. The van der Waals surface area contributed by atoms with Gasteiger partial charge in [-0.15, -0.1) is 0 Å². The quantitative estimate of drug-likeness (QED) is 0.413. The van der Waals surface area contributed by atoms with Crippen LogP contribution in [0.5, 0.6) is 0 Å². The minimum atomic E-state index is -0.700. The van der Waals surface area contributed by atoms with Crippen molar-refractivity contribution < 1.29 is 18.7 Å². The van der Waals surface area contributed by atoms with Crippen LogP contribution in [0, 0.1) is 0 Å². The zero-order valence-electron chi connectivity index (χ0n) is 16.4. The maximum absolute atomic E-state index is 12.3. The number of rotatable bonds is 8. The van der Waals surface area contributed by atoms with Crippen molar-refractivity contribution in [1.82, 2.24) is 9.78 Å². The highest BCUT2D eigenvalue weighted by Gasteiger charge is 2.16. The van der Waals surface area contributed by atoms with Gasteiger partial charge < -0.3 is 14.5 Å². The maximum Gasteiger partial charge on any atom is 0.374 e. The monoisotopic (exact) mass is 433 g/mol. The van der Waals surface area contributed by atoms with Crippen LogP contribution in [-0.4, -0.2) is 28.3 Å². The third-order valence-electron chi connectivity index (χ3n) is 4.21. The highest BCUT2D eigenvalue weighted by atomic mass is 32.2. The highest BCUT2D eigenvalue weighted by Crippen LogP contribution is 2.33. The number of ether oxygens (including phenoxy) is 1. The van der Waals surface area contributed by atoms with Gasteiger partial charge in [-0.05, 0) is 42.5 Å². The number of anilines is 1. The van der Waals surface area contributed by atoms with E-state index < -0.39 is 18.5 Å². The fraction of sp³-hybridized carbons (Fsp3) is 0.0870. The number of para-hydroxylation sites is 1. The molecule has 7 nitrogen and oxygen atoms in total. The van der Waals surface area contributed by atoms with E-state index >= 15 is 0 Å². The second-order valence-corrected chi connectivity index (χ2v) is 7.62. The minimum Gasteiger partial charge on any atom is -0.452 e. The van der Waals surface area contributed by atoms with E-state index in [0.29, 0.717) is 18.0 Å². The molecule has 2 aromatic carbocycles. The Morgan fingerprint density at radius 3 is 2.61 bits per heavy atom. The van der Waals surface area contributed by atoms with E-state index in [9.17, 15) is 9.59 Å². The lowest BCUT2D eigenvalue weighted by Crippen LogP contribution is -2.21. The topological polar surface area (TPSA) is 86.4 Å². The number of hydrogen-bond acceptors (Lipinski definition) is 6. The summed E-state index contributed by atoms with van der Waals surface area (Å²) in [4.78, 5) is 26.5. The lowest BCUT2D eigenvalue weighted by atomic mass is 10.3. The molecule has 31 heavy (non-hydrogen) atoms. The van der Waals surface area contributed by atoms with Gasteiger partial charge >= 0.3 is 5.97 Å². The average molecular weight is 433 g/mol. The standard InChI is InChI=1S/C23H19N3O4S/c27-22(25-19-9-4-5-10-21(19)31-18-7-2-1-3-8-18)16-29-23(28)20-12-11-17(30-20)15-26-14-6-13-24-26/h1-14H,15-16H2,(H,25,27). The summed E-state index contributed by atoms with van der Waals surface area (Å²) in [5.74, 6) is -0.534. The molecule has 0 radical (unpaired) electrons. The molecular weight excluding hydrogens is 414 g/mol. The molecule has 0 saturated carbocycles. The van der Waals surface area contributed by atoms with Gasteiger partial charge in [0.05, 0.1) is 12.2 Å². The number of aromatic nitrogens is 2. The molecule has 0 aliphatic rings. The van der Waals surface area contributed by atoms with Crippen LogP contribution in [-0.2, 0) is 16.1 Å². The molecule has 0 aliphatic carbocycles. The maximum atomic E-state index is 12.3. The molecule has 2 heterocycles. The summed E-state index contributed by atoms with van der Waals surface area (Å²) in [5, 5.41) is 6.88. The predicted octanol–water partition coefficient (Wildman–Crippen LogP) is 4.47. The predicted molar refractivity (Wildman–Crippen MR) is 116 cm³/mol. The van der Waals surface area contributed by atoms with Gasteiger partial charge in [-0.1, -0.05) is 42.1 Å². The molecule has 1 N–H and O–H groups in total. The van der Waals surface area contributed by atoms with E-state index in [0.717, 1.165) is 9.79 Å². The van der Waals surface area contributed by atoms with Crippen LogP contribution in [0.15, 0.2) is 99.4 Å². The van der Waals surface area contributed by atoms with Gasteiger partial charge in [0.1, 0.15) is 5.76 Å². The number of carbonyl (C=O) groups is 2. The second kappa shape index (κ2) is 9.82. The molecule has 4 aromatic rings. The third kappa shape index (κ3) is 5.64. The Balaban J connectivity index is 1.31. The van der Waals surface area contributed by atoms with E-state index in [1.165, 1.54) is 17.8 Å². The fourth-order valence-electron chi connectivity index (χ4n) is 2.79. The van der Waals surface area contributed by atoms with Crippen molar-refractivity contribution in [3.63, 3.8) is 0 Å². The van der Waals surface area contributed by atoms with Crippen LogP contribution in [0.4, 0.5) is 5.69 Å². The molecule has 0 spiro atoms. The molecule has 0 atom stereocenters. The Hall–Kier alpha value is -3.78. The van der Waals surface area contributed by atoms with Crippen molar-refractivity contribution in [3.8, 4) is 0 Å². The van der Waals surface area contributed by atoms with Crippen LogP contribution in [0.25, 0.3) is 0 Å². The number of nitrogens with one attached hydrogen (secondary N) is 1. The van der Waals surface area contributed by atoms with Crippen LogP contribution < -0.4 is 5.32 Å². The van der Waals surface area contributed by atoms with Gasteiger partial charge in [-0.2, -0.15) is 5.10 Å². The zero-order valence-corrected chi connectivity index (χ0v) is 17.2. The van der Waals surface area contributed by atoms with Crippen molar-refractivity contribution >= 4 is 29.3 Å². The number of hydrogen-bond donors (Lipinski definition) is 1. The molecular formula is C23H19N3O4S. The van der Waals surface area contributed by atoms with E-state index in [-0.39, 0.29) is 5.76 Å². The summed E-state index contributed by atoms with van der Waals surface area (Å²) in [5.41, 5.74) is 0.650. The van der Waals surface area contributed by atoms with Crippen molar-refractivity contribution in [2.75, 3.05) is 11.9 Å². The van der Waals surface area contributed by atoms with Gasteiger partial charge in [-0.3, -0.25) is 9.48 Å². The first kappa shape index (κ1) is 20.5. The summed E-state index contributed by atoms with van der Waals surface area (Å²) in [6, 6.07) is 22.3. The molecule has 4 rings (SSSR count). The molecule has 0 unspecified atom stereocenters. The number of benzene rings is 2. The molecule has 0 bridgehead atoms. The number of esters is 1. The number of amides is 1. The number of nitrogens with zero attached hydrogens (tertiary/aromatic N) is 2. The SMILES string of the molecule is O=C(COC(=O)c1ccc(Cn2cccn2)o1)Nc1ccccc1Sc1ccccc1. The van der Waals surface area contributed by atoms with Gasteiger partial charge in [-0.25, -0.2) is 4.79 Å². The minimum absolute atomic E-state index is 0.0370. The largest absolute Gasteiger partial charge is 0.452 e. The summed E-state index contributed by atoms with van der Waals surface area (Å²) in [6.07, 6.45) is 3.45. The highest BCUT2D eigenvalue weighted by molar-refractivity contribution is 7.99. The summed E-state index contributed by atoms with van der Waals surface area (Å²) in [7, 11) is 0. The second-order valence-electron chi connectivity index (χ2n) is 6.51. The van der Waals surface area contributed by atoms with Crippen LogP contribution in [0.1, 0.15) is 16.3 Å². The average Bonchev–Trinajstić information content (AvgIpc) is 3.47. The van der Waals surface area contributed by atoms with Crippen LogP contribution in [0.2, 0.25) is 0 Å². The lowest BCUT2D eigenvalue weighted by Gasteiger charge is -2.11. The van der Waals surface area contributed by atoms with Crippen LogP contribution >= 0.6 is 11.8 Å². The zero-order chi connectivity index (χ0) is 21.5. The fourth-order valence-corrected chi connectivity index (χ4v) is 3.71. The Labute approximate surface area is 183 Å². The lowest BCUT2D eigenvalue weighted by molar-refractivity contribution is -0.119. The van der Waals surface area contributed by atoms with Gasteiger partial charge in [0, 0.05) is 22.2 Å². The van der Waals surface area contributed by atoms with E-state index in [1.807, 2.05) is 48.5 Å². The van der Waals surface area contributed by atoms with Crippen molar-refractivity contribution in [2.24, 2.45) is 0 Å². The molecule has 0 saturated heterocycles. The Morgan fingerprint density at radius 1 is 1.00 bits per heavy atom. The van der Waals surface area contributed by atoms with E-state index in [2.05, 4.69) is 10.4 Å². The van der Waals surface area contributed by atoms with Gasteiger partial charge in [0.25, 0.3) is 5.91 Å². The first-order chi connectivity index (χ1) is 15.2. The smallest absolute Gasteiger partial charge is 0.374 e. The van der Waals surface area contributed by atoms with Crippen molar-refractivity contribution in [1.29, 1.82) is 0 Å². The first-order valence-electron chi connectivity index (χ1n) is 9.52. The summed E-state index contributed by atoms with van der Waals surface area (Å²) < 4.78 is 12.3. The number of furan rings is 1. The van der Waals surface area contributed by atoms with E-state index in [1.54, 1.807) is 35.3 Å². The molecule has 1 amide bonds.